The van der Waals surface area contributed by atoms with Crippen molar-refractivity contribution in [3.8, 4) is 0 Å². The third kappa shape index (κ3) is 3.48. The lowest BCUT2D eigenvalue weighted by Gasteiger charge is -2.35. The Hall–Kier alpha value is -0.570. The van der Waals surface area contributed by atoms with Crippen molar-refractivity contribution in [2.24, 2.45) is 5.92 Å². The molecule has 0 amide bonds. The van der Waals surface area contributed by atoms with Crippen molar-refractivity contribution >= 4 is 5.97 Å². The Labute approximate surface area is 98.2 Å². The number of aliphatic carboxylic acids is 1. The minimum absolute atomic E-state index is 0.592. The maximum absolute atomic E-state index is 11.3. The zero-order valence-corrected chi connectivity index (χ0v) is 10.5. The van der Waals surface area contributed by atoms with E-state index in [1.54, 1.807) is 0 Å². The number of carboxylic acids is 1. The summed E-state index contributed by atoms with van der Waals surface area (Å²) >= 11 is 0. The van der Waals surface area contributed by atoms with Crippen molar-refractivity contribution in [1.29, 1.82) is 0 Å². The van der Waals surface area contributed by atoms with E-state index in [9.17, 15) is 9.90 Å². The van der Waals surface area contributed by atoms with Crippen molar-refractivity contribution in [3.05, 3.63) is 0 Å². The van der Waals surface area contributed by atoms with Gasteiger partial charge in [-0.25, -0.2) is 4.79 Å². The molecular formula is C13H24O3. The highest BCUT2D eigenvalue weighted by Gasteiger charge is 2.42. The van der Waals surface area contributed by atoms with Gasteiger partial charge < -0.3 is 9.84 Å². The summed E-state index contributed by atoms with van der Waals surface area (Å²) in [4.78, 5) is 11.3. The van der Waals surface area contributed by atoms with Crippen LogP contribution in [0.4, 0.5) is 0 Å². The molecule has 0 bridgehead atoms. The summed E-state index contributed by atoms with van der Waals surface area (Å²) in [7, 11) is 0. The van der Waals surface area contributed by atoms with E-state index in [1.165, 1.54) is 0 Å². The van der Waals surface area contributed by atoms with Gasteiger partial charge in [-0.1, -0.05) is 26.7 Å². The smallest absolute Gasteiger partial charge is 0.335 e. The summed E-state index contributed by atoms with van der Waals surface area (Å²) in [6.45, 7) is 4.91. The normalized spacial score (nSPS) is 30.2. The molecule has 0 aromatic rings. The zero-order chi connectivity index (χ0) is 12.0. The monoisotopic (exact) mass is 228 g/mol. The van der Waals surface area contributed by atoms with E-state index >= 15 is 0 Å². The molecule has 0 aromatic heterocycles. The number of ether oxygens (including phenoxy) is 1. The molecule has 3 heteroatoms. The van der Waals surface area contributed by atoms with E-state index in [-0.39, 0.29) is 0 Å². The molecule has 0 unspecified atom stereocenters. The van der Waals surface area contributed by atoms with Crippen LogP contribution >= 0.6 is 0 Å². The van der Waals surface area contributed by atoms with Crippen molar-refractivity contribution in [3.63, 3.8) is 0 Å². The molecule has 0 atom stereocenters. The van der Waals surface area contributed by atoms with Gasteiger partial charge in [-0.2, -0.15) is 0 Å². The van der Waals surface area contributed by atoms with Crippen LogP contribution in [-0.2, 0) is 9.53 Å². The second-order valence-electron chi connectivity index (χ2n) is 5.04. The van der Waals surface area contributed by atoms with Gasteiger partial charge in [0.25, 0.3) is 0 Å². The summed E-state index contributed by atoms with van der Waals surface area (Å²) in [6, 6.07) is 0. The first-order chi connectivity index (χ1) is 7.60. The molecule has 0 heterocycles. The standard InChI is InChI=1S/C13H24O3/c1-3-4-5-10-16-13(12(14)15)8-6-11(2)7-9-13/h11H,3-10H2,1-2H3,(H,14,15). The SMILES string of the molecule is CCCCCOC1(C(=O)O)CCC(C)CC1. The Kier molecular flexibility index (Phi) is 5.26. The molecule has 1 rings (SSSR count). The molecule has 1 saturated carbocycles. The van der Waals surface area contributed by atoms with Gasteiger partial charge in [-0.3, -0.25) is 0 Å². The fraction of sp³-hybridized carbons (Fsp3) is 0.923. The van der Waals surface area contributed by atoms with E-state index in [2.05, 4.69) is 13.8 Å². The molecule has 1 aliphatic rings. The van der Waals surface area contributed by atoms with Crippen LogP contribution in [0.3, 0.4) is 0 Å². The molecule has 0 saturated heterocycles. The van der Waals surface area contributed by atoms with Gasteiger partial charge in [0.15, 0.2) is 5.60 Å². The number of rotatable bonds is 6. The van der Waals surface area contributed by atoms with Crippen molar-refractivity contribution in [2.45, 2.75) is 64.4 Å². The van der Waals surface area contributed by atoms with E-state index in [1.807, 2.05) is 0 Å². The predicted molar refractivity (Wildman–Crippen MR) is 63.5 cm³/mol. The lowest BCUT2D eigenvalue weighted by atomic mass is 9.79. The first-order valence-electron chi connectivity index (χ1n) is 6.48. The predicted octanol–water partition coefficient (Wildman–Crippen LogP) is 3.23. The van der Waals surface area contributed by atoms with Gasteiger partial charge in [0.1, 0.15) is 0 Å². The maximum atomic E-state index is 11.3. The number of carbonyl (C=O) groups is 1. The number of unbranched alkanes of at least 4 members (excludes halogenated alkanes) is 2. The van der Waals surface area contributed by atoms with E-state index in [0.29, 0.717) is 25.4 Å². The summed E-state index contributed by atoms with van der Waals surface area (Å²) in [6.07, 6.45) is 6.53. The largest absolute Gasteiger partial charge is 0.479 e. The lowest BCUT2D eigenvalue weighted by molar-refractivity contribution is -0.172. The highest BCUT2D eigenvalue weighted by Crippen LogP contribution is 2.35. The highest BCUT2D eigenvalue weighted by molar-refractivity contribution is 5.77. The summed E-state index contributed by atoms with van der Waals surface area (Å²) < 4.78 is 5.68. The van der Waals surface area contributed by atoms with Crippen molar-refractivity contribution in [2.75, 3.05) is 6.61 Å². The van der Waals surface area contributed by atoms with Gasteiger partial charge in [0, 0.05) is 6.61 Å². The second kappa shape index (κ2) is 6.24. The van der Waals surface area contributed by atoms with E-state index in [4.69, 9.17) is 4.74 Å². The van der Waals surface area contributed by atoms with Crippen LogP contribution in [0.2, 0.25) is 0 Å². The first-order valence-corrected chi connectivity index (χ1v) is 6.48. The molecule has 0 radical (unpaired) electrons. The lowest BCUT2D eigenvalue weighted by Crippen LogP contribution is -2.44. The van der Waals surface area contributed by atoms with Gasteiger partial charge >= 0.3 is 5.97 Å². The van der Waals surface area contributed by atoms with Gasteiger partial charge in [-0.05, 0) is 38.0 Å². The third-order valence-corrected chi connectivity index (χ3v) is 3.60. The molecular weight excluding hydrogens is 204 g/mol. The van der Waals surface area contributed by atoms with Crippen LogP contribution in [0, 0.1) is 5.92 Å². The minimum Gasteiger partial charge on any atom is -0.479 e. The van der Waals surface area contributed by atoms with Crippen molar-refractivity contribution in [1.82, 2.24) is 0 Å². The molecule has 0 spiro atoms. The highest BCUT2D eigenvalue weighted by atomic mass is 16.5. The molecule has 1 fully saturated rings. The quantitative estimate of drug-likeness (QED) is 0.710. The Bertz CT molecular complexity index is 217. The molecule has 3 nitrogen and oxygen atoms in total. The van der Waals surface area contributed by atoms with Crippen LogP contribution in [0.25, 0.3) is 0 Å². The third-order valence-electron chi connectivity index (χ3n) is 3.60. The Morgan fingerprint density at radius 1 is 1.38 bits per heavy atom. The molecule has 94 valence electrons. The van der Waals surface area contributed by atoms with E-state index < -0.39 is 11.6 Å². The van der Waals surface area contributed by atoms with E-state index in [0.717, 1.165) is 32.1 Å². The molecule has 0 aliphatic heterocycles. The average molecular weight is 228 g/mol. The Morgan fingerprint density at radius 2 is 2.00 bits per heavy atom. The second-order valence-corrected chi connectivity index (χ2v) is 5.04. The van der Waals surface area contributed by atoms with Crippen molar-refractivity contribution < 1.29 is 14.6 Å². The molecule has 1 aliphatic carbocycles. The van der Waals surface area contributed by atoms with Crippen LogP contribution < -0.4 is 0 Å². The number of hydrogen-bond acceptors (Lipinski definition) is 2. The topological polar surface area (TPSA) is 46.5 Å². The van der Waals surface area contributed by atoms with Gasteiger partial charge in [0.2, 0.25) is 0 Å². The van der Waals surface area contributed by atoms with Gasteiger partial charge in [-0.15, -0.1) is 0 Å². The van der Waals surface area contributed by atoms with Crippen LogP contribution in [0.1, 0.15) is 58.8 Å². The Morgan fingerprint density at radius 3 is 2.50 bits per heavy atom. The minimum atomic E-state index is -0.875. The molecule has 1 N–H and O–H groups in total. The maximum Gasteiger partial charge on any atom is 0.335 e. The summed E-state index contributed by atoms with van der Waals surface area (Å²) in [5.41, 5.74) is -0.875. The summed E-state index contributed by atoms with van der Waals surface area (Å²) in [5.74, 6) is -0.123. The average Bonchev–Trinajstić information content (AvgIpc) is 2.27. The fourth-order valence-electron chi connectivity index (χ4n) is 2.27. The molecule has 0 aromatic carbocycles. The first kappa shape index (κ1) is 13.5. The Balaban J connectivity index is 2.43. The summed E-state index contributed by atoms with van der Waals surface area (Å²) in [5, 5.41) is 9.31. The molecule has 16 heavy (non-hydrogen) atoms. The zero-order valence-electron chi connectivity index (χ0n) is 10.5. The fourth-order valence-corrected chi connectivity index (χ4v) is 2.27. The van der Waals surface area contributed by atoms with Crippen LogP contribution in [0.15, 0.2) is 0 Å². The van der Waals surface area contributed by atoms with Crippen LogP contribution in [0.5, 0.6) is 0 Å². The van der Waals surface area contributed by atoms with Crippen LogP contribution in [-0.4, -0.2) is 23.3 Å². The van der Waals surface area contributed by atoms with Gasteiger partial charge in [0.05, 0.1) is 0 Å². The number of hydrogen-bond donors (Lipinski definition) is 1. The number of carboxylic acid groups (broad SMARTS) is 1.